The van der Waals surface area contributed by atoms with Crippen molar-refractivity contribution < 1.29 is 9.53 Å². The number of piperidine rings is 1. The highest BCUT2D eigenvalue weighted by atomic mass is 16.5. The standard InChI is InChI=1S/C18H29NO2/c1-13-17(2,3)15-7-8-18(13,10-15)16(20)19-9-5-6-14(11-19)12-21-4/h14-15H,1,5-12H2,2-4H3/t14-,15+,18+/m0/s1. The fourth-order valence-corrected chi connectivity index (χ4v) is 5.05. The average molecular weight is 291 g/mol. The van der Waals surface area contributed by atoms with Crippen molar-refractivity contribution >= 4 is 5.91 Å². The second-order valence-electron chi connectivity index (χ2n) is 7.94. The fraction of sp³-hybridized carbons (Fsp3) is 0.833. The largest absolute Gasteiger partial charge is 0.384 e. The predicted molar refractivity (Wildman–Crippen MR) is 83.9 cm³/mol. The third kappa shape index (κ3) is 2.16. The number of fused-ring (bicyclic) bond motifs is 2. The molecule has 3 fully saturated rings. The first kappa shape index (κ1) is 15.1. The molecular weight excluding hydrogens is 262 g/mol. The van der Waals surface area contributed by atoms with Gasteiger partial charge < -0.3 is 9.64 Å². The van der Waals surface area contributed by atoms with E-state index in [4.69, 9.17) is 4.74 Å². The maximum atomic E-state index is 13.3. The molecule has 2 saturated carbocycles. The zero-order valence-electron chi connectivity index (χ0n) is 13.8. The average Bonchev–Trinajstić information content (AvgIpc) is 2.99. The first-order valence-electron chi connectivity index (χ1n) is 8.40. The van der Waals surface area contributed by atoms with E-state index in [9.17, 15) is 4.79 Å². The Morgan fingerprint density at radius 2 is 2.19 bits per heavy atom. The molecule has 3 heteroatoms. The van der Waals surface area contributed by atoms with Gasteiger partial charge in [-0.05, 0) is 49.4 Å². The van der Waals surface area contributed by atoms with Gasteiger partial charge in [-0.2, -0.15) is 0 Å². The van der Waals surface area contributed by atoms with E-state index in [1.165, 1.54) is 18.4 Å². The summed E-state index contributed by atoms with van der Waals surface area (Å²) in [6.07, 6.45) is 5.52. The minimum absolute atomic E-state index is 0.135. The summed E-state index contributed by atoms with van der Waals surface area (Å²) >= 11 is 0. The molecule has 0 N–H and O–H groups in total. The molecule has 2 bridgehead atoms. The van der Waals surface area contributed by atoms with Gasteiger partial charge in [-0.25, -0.2) is 0 Å². The zero-order valence-corrected chi connectivity index (χ0v) is 13.8. The molecule has 0 spiro atoms. The summed E-state index contributed by atoms with van der Waals surface area (Å²) in [6, 6.07) is 0. The minimum Gasteiger partial charge on any atom is -0.384 e. The molecule has 0 aromatic heterocycles. The topological polar surface area (TPSA) is 29.5 Å². The third-order valence-electron chi connectivity index (χ3n) is 6.51. The number of ether oxygens (including phenoxy) is 1. The van der Waals surface area contributed by atoms with Crippen LogP contribution in [0.2, 0.25) is 0 Å². The van der Waals surface area contributed by atoms with E-state index in [0.717, 1.165) is 39.0 Å². The summed E-state index contributed by atoms with van der Waals surface area (Å²) in [4.78, 5) is 15.4. The van der Waals surface area contributed by atoms with Gasteiger partial charge in [-0.3, -0.25) is 4.79 Å². The Morgan fingerprint density at radius 1 is 1.43 bits per heavy atom. The Balaban J connectivity index is 1.78. The fourth-order valence-electron chi connectivity index (χ4n) is 5.05. The van der Waals surface area contributed by atoms with Crippen LogP contribution in [0, 0.1) is 22.7 Å². The van der Waals surface area contributed by atoms with Crippen molar-refractivity contribution in [2.24, 2.45) is 22.7 Å². The van der Waals surface area contributed by atoms with Crippen LogP contribution >= 0.6 is 0 Å². The van der Waals surface area contributed by atoms with Gasteiger partial charge in [0.1, 0.15) is 0 Å². The lowest BCUT2D eigenvalue weighted by Gasteiger charge is -2.42. The van der Waals surface area contributed by atoms with E-state index in [-0.39, 0.29) is 10.8 Å². The summed E-state index contributed by atoms with van der Waals surface area (Å²) in [5, 5.41) is 0. The lowest BCUT2D eigenvalue weighted by Crippen LogP contribution is -2.48. The van der Waals surface area contributed by atoms with Crippen LogP contribution in [0.15, 0.2) is 12.2 Å². The highest BCUT2D eigenvalue weighted by Gasteiger charge is 2.61. The first-order chi connectivity index (χ1) is 9.91. The van der Waals surface area contributed by atoms with Gasteiger partial charge in [-0.1, -0.05) is 26.0 Å². The number of rotatable bonds is 3. The molecule has 1 amide bonds. The van der Waals surface area contributed by atoms with Gasteiger partial charge in [0.25, 0.3) is 0 Å². The van der Waals surface area contributed by atoms with E-state index < -0.39 is 0 Å². The Kier molecular flexibility index (Phi) is 3.67. The van der Waals surface area contributed by atoms with E-state index in [1.54, 1.807) is 7.11 Å². The number of carbonyl (C=O) groups is 1. The Labute approximate surface area is 128 Å². The van der Waals surface area contributed by atoms with Crippen LogP contribution in [0.25, 0.3) is 0 Å². The summed E-state index contributed by atoms with van der Waals surface area (Å²) in [5.74, 6) is 1.51. The second kappa shape index (κ2) is 5.12. The lowest BCUT2D eigenvalue weighted by molar-refractivity contribution is -0.142. The molecule has 3 aliphatic rings. The van der Waals surface area contributed by atoms with Crippen molar-refractivity contribution in [1.82, 2.24) is 4.90 Å². The molecule has 21 heavy (non-hydrogen) atoms. The van der Waals surface area contributed by atoms with Crippen molar-refractivity contribution in [2.75, 3.05) is 26.8 Å². The normalized spacial score (nSPS) is 38.0. The smallest absolute Gasteiger partial charge is 0.232 e. The van der Waals surface area contributed by atoms with E-state index in [0.29, 0.717) is 17.7 Å². The molecule has 3 rings (SSSR count). The molecule has 0 aromatic carbocycles. The maximum Gasteiger partial charge on any atom is 0.232 e. The zero-order chi connectivity index (χ0) is 15.3. The van der Waals surface area contributed by atoms with Crippen LogP contribution in [-0.2, 0) is 9.53 Å². The number of amides is 1. The van der Waals surface area contributed by atoms with Crippen molar-refractivity contribution in [3.8, 4) is 0 Å². The lowest BCUT2D eigenvalue weighted by atomic mass is 9.68. The van der Waals surface area contributed by atoms with E-state index in [2.05, 4.69) is 25.3 Å². The quantitative estimate of drug-likeness (QED) is 0.747. The molecule has 1 heterocycles. The van der Waals surface area contributed by atoms with Crippen LogP contribution < -0.4 is 0 Å². The van der Waals surface area contributed by atoms with Gasteiger partial charge in [0.05, 0.1) is 12.0 Å². The number of hydrogen-bond acceptors (Lipinski definition) is 2. The molecular formula is C18H29NO2. The van der Waals surface area contributed by atoms with Crippen molar-refractivity contribution in [3.63, 3.8) is 0 Å². The Morgan fingerprint density at radius 3 is 2.81 bits per heavy atom. The predicted octanol–water partition coefficient (Wildman–Crippen LogP) is 3.25. The summed E-state index contributed by atoms with van der Waals surface area (Å²) in [5.41, 5.74) is 1.09. The third-order valence-corrected chi connectivity index (χ3v) is 6.51. The van der Waals surface area contributed by atoms with Crippen molar-refractivity contribution in [1.29, 1.82) is 0 Å². The molecule has 0 aromatic rings. The van der Waals surface area contributed by atoms with Crippen LogP contribution in [0.3, 0.4) is 0 Å². The summed E-state index contributed by atoms with van der Waals surface area (Å²) in [6.45, 7) is 11.5. The molecule has 3 nitrogen and oxygen atoms in total. The summed E-state index contributed by atoms with van der Waals surface area (Å²) < 4.78 is 5.29. The maximum absolute atomic E-state index is 13.3. The second-order valence-corrected chi connectivity index (χ2v) is 7.94. The molecule has 0 unspecified atom stereocenters. The molecule has 3 atom stereocenters. The van der Waals surface area contributed by atoms with Crippen LogP contribution in [0.5, 0.6) is 0 Å². The number of nitrogens with zero attached hydrogens (tertiary/aromatic N) is 1. The van der Waals surface area contributed by atoms with Gasteiger partial charge in [0.2, 0.25) is 5.91 Å². The van der Waals surface area contributed by atoms with Gasteiger partial charge in [0.15, 0.2) is 0 Å². The SMILES string of the molecule is C=C1C(C)(C)[C@@H]2CC[C@@]1(C(=O)N1CCC[C@H](COC)C1)C2. The number of methoxy groups -OCH3 is 1. The summed E-state index contributed by atoms with van der Waals surface area (Å²) in [7, 11) is 1.75. The van der Waals surface area contributed by atoms with Crippen LogP contribution in [-0.4, -0.2) is 37.6 Å². The van der Waals surface area contributed by atoms with E-state index >= 15 is 0 Å². The number of carbonyl (C=O) groups excluding carboxylic acids is 1. The highest BCUT2D eigenvalue weighted by molar-refractivity contribution is 5.87. The van der Waals surface area contributed by atoms with Crippen molar-refractivity contribution in [3.05, 3.63) is 12.2 Å². The monoisotopic (exact) mass is 291 g/mol. The Bertz CT molecular complexity index is 454. The van der Waals surface area contributed by atoms with E-state index in [1.807, 2.05) is 0 Å². The molecule has 118 valence electrons. The van der Waals surface area contributed by atoms with Gasteiger partial charge in [-0.15, -0.1) is 0 Å². The molecule has 1 aliphatic heterocycles. The van der Waals surface area contributed by atoms with Gasteiger partial charge >= 0.3 is 0 Å². The van der Waals surface area contributed by atoms with Crippen molar-refractivity contribution in [2.45, 2.75) is 46.0 Å². The highest BCUT2D eigenvalue weighted by Crippen LogP contribution is 2.66. The minimum atomic E-state index is -0.247. The van der Waals surface area contributed by atoms with Crippen LogP contribution in [0.4, 0.5) is 0 Å². The molecule has 1 saturated heterocycles. The Hall–Kier alpha value is -0.830. The van der Waals surface area contributed by atoms with Gasteiger partial charge in [0, 0.05) is 20.2 Å². The van der Waals surface area contributed by atoms with Crippen LogP contribution in [0.1, 0.15) is 46.0 Å². The number of hydrogen-bond donors (Lipinski definition) is 0. The molecule has 0 radical (unpaired) electrons. The first-order valence-corrected chi connectivity index (χ1v) is 8.40. The molecule has 2 aliphatic carbocycles. The number of likely N-dealkylation sites (tertiary alicyclic amines) is 1.